The lowest BCUT2D eigenvalue weighted by Gasteiger charge is -2.08. The molecular weight excluding hydrogens is 408 g/mol. The molecule has 1 N–H and O–H groups in total. The van der Waals surface area contributed by atoms with Crippen molar-refractivity contribution in [2.75, 3.05) is 18.9 Å². The Balaban J connectivity index is 1.43. The van der Waals surface area contributed by atoms with Crippen LogP contribution in [0.1, 0.15) is 23.7 Å². The highest BCUT2D eigenvalue weighted by molar-refractivity contribution is 5.85. The third kappa shape index (κ3) is 3.70. The van der Waals surface area contributed by atoms with Gasteiger partial charge in [0, 0.05) is 39.1 Å². The number of aryl methyl sites for hydroxylation is 2. The molecule has 0 bridgehead atoms. The number of rotatable bonds is 5. The van der Waals surface area contributed by atoms with Gasteiger partial charge in [0.25, 0.3) is 0 Å². The monoisotopic (exact) mass is 430 g/mol. The van der Waals surface area contributed by atoms with Crippen LogP contribution in [-0.2, 0) is 11.8 Å². The number of carbonyl (C=O) groups excluding carboxylic acids is 1. The fourth-order valence-corrected chi connectivity index (χ4v) is 3.75. The molecule has 1 atom stereocenters. The van der Waals surface area contributed by atoms with Crippen molar-refractivity contribution in [1.29, 1.82) is 0 Å². The van der Waals surface area contributed by atoms with E-state index in [4.69, 9.17) is 9.51 Å². The Morgan fingerprint density at radius 2 is 1.97 bits per heavy atom. The largest absolute Gasteiger partial charge is 0.360 e. The van der Waals surface area contributed by atoms with Crippen LogP contribution in [0.5, 0.6) is 0 Å². The van der Waals surface area contributed by atoms with Gasteiger partial charge in [0.15, 0.2) is 0 Å². The van der Waals surface area contributed by atoms with Crippen molar-refractivity contribution in [3.63, 3.8) is 0 Å². The summed E-state index contributed by atoms with van der Waals surface area (Å²) >= 11 is 0. The Morgan fingerprint density at radius 3 is 2.72 bits per heavy atom. The van der Waals surface area contributed by atoms with Gasteiger partial charge in [-0.3, -0.25) is 9.48 Å². The number of nitrogens with one attached hydrogen (secondary N) is 1. The Kier molecular flexibility index (Phi) is 4.89. The van der Waals surface area contributed by atoms with Crippen molar-refractivity contribution in [2.24, 2.45) is 7.05 Å². The van der Waals surface area contributed by atoms with E-state index in [1.807, 2.05) is 38.4 Å². The lowest BCUT2D eigenvalue weighted by Crippen LogP contribution is -2.21. The summed E-state index contributed by atoms with van der Waals surface area (Å²) in [5.41, 5.74) is 4.33. The van der Waals surface area contributed by atoms with Crippen LogP contribution in [0.15, 0.2) is 47.4 Å². The molecule has 0 aliphatic carbocycles. The normalized spacial score (nSPS) is 16.0. The number of hydrogen-bond acceptors (Lipinski definition) is 8. The van der Waals surface area contributed by atoms with E-state index in [1.165, 1.54) is 0 Å². The van der Waals surface area contributed by atoms with Crippen LogP contribution in [0.2, 0.25) is 0 Å². The predicted molar refractivity (Wildman–Crippen MR) is 117 cm³/mol. The lowest BCUT2D eigenvalue weighted by molar-refractivity contribution is -0.128. The molecule has 0 spiro atoms. The summed E-state index contributed by atoms with van der Waals surface area (Å²) in [7, 11) is 3.64. The van der Waals surface area contributed by atoms with E-state index in [2.05, 4.69) is 25.5 Å². The molecule has 4 aromatic rings. The number of nitrogens with zero attached hydrogens (tertiary/aromatic N) is 7. The maximum Gasteiger partial charge on any atom is 0.233 e. The molecule has 5 rings (SSSR count). The molecule has 10 nitrogen and oxygen atoms in total. The summed E-state index contributed by atoms with van der Waals surface area (Å²) in [6, 6.07) is 7.45. The molecule has 10 heteroatoms. The summed E-state index contributed by atoms with van der Waals surface area (Å²) in [4.78, 5) is 27.8. The van der Waals surface area contributed by atoms with E-state index in [9.17, 15) is 4.79 Å². The van der Waals surface area contributed by atoms with Gasteiger partial charge < -0.3 is 14.7 Å². The minimum Gasteiger partial charge on any atom is -0.360 e. The van der Waals surface area contributed by atoms with E-state index in [0.29, 0.717) is 34.5 Å². The SMILES string of the molecule is Cc1cnc(Nc2cnn(C)c2)nc1-c1cccc(-c2cc([C@@H]3CCN(C)C3=O)on2)n1. The molecule has 5 heterocycles. The number of likely N-dealkylation sites (tertiary alicyclic amines) is 1. The van der Waals surface area contributed by atoms with Gasteiger partial charge >= 0.3 is 0 Å². The van der Waals surface area contributed by atoms with Gasteiger partial charge in [-0.25, -0.2) is 15.0 Å². The topological polar surface area (TPSA) is 115 Å². The number of anilines is 2. The first-order valence-electron chi connectivity index (χ1n) is 10.3. The number of carbonyl (C=O) groups is 1. The van der Waals surface area contributed by atoms with Crippen LogP contribution in [0.3, 0.4) is 0 Å². The number of pyridine rings is 1. The number of amides is 1. The van der Waals surface area contributed by atoms with Gasteiger partial charge in [0.1, 0.15) is 17.4 Å². The summed E-state index contributed by atoms with van der Waals surface area (Å²) in [6.45, 7) is 2.66. The van der Waals surface area contributed by atoms with Gasteiger partial charge in [0.05, 0.1) is 29.0 Å². The van der Waals surface area contributed by atoms with Crippen molar-refractivity contribution in [2.45, 2.75) is 19.3 Å². The van der Waals surface area contributed by atoms with Gasteiger partial charge in [-0.2, -0.15) is 5.10 Å². The Morgan fingerprint density at radius 1 is 1.12 bits per heavy atom. The molecule has 1 amide bonds. The third-order valence-electron chi connectivity index (χ3n) is 5.49. The van der Waals surface area contributed by atoms with Gasteiger partial charge in [-0.05, 0) is 31.0 Å². The lowest BCUT2D eigenvalue weighted by atomic mass is 10.0. The number of aromatic nitrogens is 6. The summed E-state index contributed by atoms with van der Waals surface area (Å²) in [5, 5.41) is 11.5. The molecule has 1 fully saturated rings. The zero-order valence-electron chi connectivity index (χ0n) is 18.0. The third-order valence-corrected chi connectivity index (χ3v) is 5.49. The van der Waals surface area contributed by atoms with Crippen LogP contribution in [0.25, 0.3) is 22.8 Å². The van der Waals surface area contributed by atoms with Crippen LogP contribution in [-0.4, -0.2) is 54.3 Å². The van der Waals surface area contributed by atoms with E-state index in [1.54, 1.807) is 35.1 Å². The molecule has 0 unspecified atom stereocenters. The minimum atomic E-state index is -0.283. The fourth-order valence-electron chi connectivity index (χ4n) is 3.75. The Hall–Kier alpha value is -4.08. The molecule has 0 radical (unpaired) electrons. The molecule has 1 saturated heterocycles. The average molecular weight is 430 g/mol. The second-order valence-electron chi connectivity index (χ2n) is 7.88. The van der Waals surface area contributed by atoms with Crippen molar-refractivity contribution >= 4 is 17.5 Å². The number of likely N-dealkylation sites (N-methyl/N-ethyl adjacent to an activating group) is 1. The van der Waals surface area contributed by atoms with Crippen LogP contribution in [0, 0.1) is 6.92 Å². The summed E-state index contributed by atoms with van der Waals surface area (Å²) in [6.07, 6.45) is 6.03. The van der Waals surface area contributed by atoms with Crippen LogP contribution >= 0.6 is 0 Å². The molecule has 1 aliphatic heterocycles. The number of hydrogen-bond donors (Lipinski definition) is 1. The fraction of sp³-hybridized carbons (Fsp3) is 0.273. The van der Waals surface area contributed by atoms with Crippen molar-refractivity contribution < 1.29 is 9.32 Å². The van der Waals surface area contributed by atoms with Crippen LogP contribution in [0.4, 0.5) is 11.6 Å². The minimum absolute atomic E-state index is 0.0552. The van der Waals surface area contributed by atoms with E-state index >= 15 is 0 Å². The van der Waals surface area contributed by atoms with Crippen molar-refractivity contribution in [1.82, 2.24) is 34.8 Å². The maximum atomic E-state index is 12.3. The Bertz CT molecular complexity index is 1290. The standard InChI is InChI=1S/C22H22N8O2/c1-13-10-23-22(25-14-11-24-30(3)12-14)27-20(13)17-6-4-5-16(26-17)18-9-19(32-28-18)15-7-8-29(2)21(15)31/h4-6,9-12,15H,7-8H2,1-3H3,(H,23,25,27)/t15-/m0/s1. The average Bonchev–Trinajstić information content (AvgIpc) is 3.51. The van der Waals surface area contributed by atoms with Crippen molar-refractivity contribution in [3.8, 4) is 22.8 Å². The van der Waals surface area contributed by atoms with Gasteiger partial charge in [-0.15, -0.1) is 0 Å². The molecule has 162 valence electrons. The summed E-state index contributed by atoms with van der Waals surface area (Å²) < 4.78 is 7.20. The zero-order valence-corrected chi connectivity index (χ0v) is 18.0. The highest BCUT2D eigenvalue weighted by Crippen LogP contribution is 2.31. The van der Waals surface area contributed by atoms with E-state index in [0.717, 1.165) is 24.2 Å². The molecular formula is C22H22N8O2. The van der Waals surface area contributed by atoms with Crippen LogP contribution < -0.4 is 5.32 Å². The molecule has 1 aliphatic rings. The first-order chi connectivity index (χ1) is 15.5. The van der Waals surface area contributed by atoms with E-state index < -0.39 is 0 Å². The van der Waals surface area contributed by atoms with E-state index in [-0.39, 0.29) is 11.8 Å². The van der Waals surface area contributed by atoms with Gasteiger partial charge in [0.2, 0.25) is 11.9 Å². The second-order valence-corrected chi connectivity index (χ2v) is 7.88. The zero-order chi connectivity index (χ0) is 22.2. The first-order valence-corrected chi connectivity index (χ1v) is 10.3. The first kappa shape index (κ1) is 19.9. The maximum absolute atomic E-state index is 12.3. The van der Waals surface area contributed by atoms with Gasteiger partial charge in [-0.1, -0.05) is 11.2 Å². The summed E-state index contributed by atoms with van der Waals surface area (Å²) in [5.74, 6) is 0.801. The molecule has 32 heavy (non-hydrogen) atoms. The highest BCUT2D eigenvalue weighted by atomic mass is 16.5. The second kappa shape index (κ2) is 7.88. The molecule has 4 aromatic heterocycles. The molecule has 0 saturated carbocycles. The Labute approximate surface area is 184 Å². The molecule has 0 aromatic carbocycles. The quantitative estimate of drug-likeness (QED) is 0.514. The van der Waals surface area contributed by atoms with Crippen molar-refractivity contribution in [3.05, 3.63) is 54.2 Å². The predicted octanol–water partition coefficient (Wildman–Crippen LogP) is 2.92. The smallest absolute Gasteiger partial charge is 0.233 e. The highest BCUT2D eigenvalue weighted by Gasteiger charge is 2.33.